The zero-order valence-electron chi connectivity index (χ0n) is 11.8. The molecule has 20 heavy (non-hydrogen) atoms. The molecule has 7 heteroatoms. The Morgan fingerprint density at radius 2 is 2.00 bits per heavy atom. The number of rotatable bonds is 5. The summed E-state index contributed by atoms with van der Waals surface area (Å²) in [5.74, 6) is 0. The molecule has 1 aliphatic heterocycles. The van der Waals surface area contributed by atoms with E-state index in [1.165, 1.54) is 35.8 Å². The van der Waals surface area contributed by atoms with Crippen molar-refractivity contribution in [2.45, 2.75) is 26.2 Å². The zero-order valence-corrected chi connectivity index (χ0v) is 13.5. The molecule has 0 aromatic carbocycles. The number of hydrogen-bond acceptors (Lipinski definition) is 7. The molecule has 0 unspecified atom stereocenters. The van der Waals surface area contributed by atoms with Crippen molar-refractivity contribution in [2.24, 2.45) is 0 Å². The summed E-state index contributed by atoms with van der Waals surface area (Å²) in [5.41, 5.74) is 1.07. The fraction of sp³-hybridized carbons (Fsp3) is 0.615. The summed E-state index contributed by atoms with van der Waals surface area (Å²) in [6, 6.07) is 0. The van der Waals surface area contributed by atoms with Gasteiger partial charge in [0, 0.05) is 20.0 Å². The van der Waals surface area contributed by atoms with Gasteiger partial charge in [-0.15, -0.1) is 21.5 Å². The summed E-state index contributed by atoms with van der Waals surface area (Å²) < 4.78 is 0. The number of hydrogen-bond donors (Lipinski definition) is 1. The SMILES string of the molecule is CNc1nnc(-c2sc(CCN3CCCC3)nc2C)s1. The van der Waals surface area contributed by atoms with E-state index in [2.05, 4.69) is 27.3 Å². The van der Waals surface area contributed by atoms with Crippen molar-refractivity contribution in [3.63, 3.8) is 0 Å². The Morgan fingerprint density at radius 1 is 1.20 bits per heavy atom. The summed E-state index contributed by atoms with van der Waals surface area (Å²) in [5, 5.41) is 14.4. The first-order chi connectivity index (χ1) is 9.76. The number of thiazole rings is 1. The second kappa shape index (κ2) is 6.15. The molecule has 1 aliphatic rings. The molecule has 1 fully saturated rings. The first kappa shape index (κ1) is 13.9. The smallest absolute Gasteiger partial charge is 0.205 e. The normalized spacial score (nSPS) is 15.9. The lowest BCUT2D eigenvalue weighted by Gasteiger charge is -2.12. The molecule has 0 aliphatic carbocycles. The summed E-state index contributed by atoms with van der Waals surface area (Å²) in [4.78, 5) is 8.39. The minimum Gasteiger partial charge on any atom is -0.363 e. The molecule has 108 valence electrons. The maximum atomic E-state index is 4.69. The molecule has 5 nitrogen and oxygen atoms in total. The third-order valence-corrected chi connectivity index (χ3v) is 5.83. The second-order valence-corrected chi connectivity index (χ2v) is 7.04. The number of likely N-dealkylation sites (tertiary alicyclic amines) is 1. The van der Waals surface area contributed by atoms with Crippen LogP contribution in [0.2, 0.25) is 0 Å². The number of aryl methyl sites for hydroxylation is 1. The van der Waals surface area contributed by atoms with E-state index in [4.69, 9.17) is 4.98 Å². The summed E-state index contributed by atoms with van der Waals surface area (Å²) >= 11 is 3.35. The fourth-order valence-electron chi connectivity index (χ4n) is 2.43. The maximum Gasteiger partial charge on any atom is 0.205 e. The highest BCUT2D eigenvalue weighted by Gasteiger charge is 2.16. The van der Waals surface area contributed by atoms with E-state index in [-0.39, 0.29) is 0 Å². The van der Waals surface area contributed by atoms with E-state index >= 15 is 0 Å². The maximum absolute atomic E-state index is 4.69. The average Bonchev–Trinajstić information content (AvgIpc) is 3.17. The van der Waals surface area contributed by atoms with Crippen molar-refractivity contribution in [2.75, 3.05) is 32.0 Å². The van der Waals surface area contributed by atoms with Gasteiger partial charge in [-0.2, -0.15) is 0 Å². The molecular formula is C13H19N5S2. The molecule has 3 rings (SSSR count). The lowest BCUT2D eigenvalue weighted by Crippen LogP contribution is -2.21. The lowest BCUT2D eigenvalue weighted by molar-refractivity contribution is 0.343. The van der Waals surface area contributed by atoms with Crippen LogP contribution in [-0.4, -0.2) is 46.8 Å². The Kier molecular flexibility index (Phi) is 4.28. The van der Waals surface area contributed by atoms with Crippen LogP contribution in [0.25, 0.3) is 9.88 Å². The van der Waals surface area contributed by atoms with Crippen LogP contribution in [0.4, 0.5) is 5.13 Å². The first-order valence-electron chi connectivity index (χ1n) is 6.96. The van der Waals surface area contributed by atoms with Gasteiger partial charge in [-0.1, -0.05) is 11.3 Å². The molecule has 2 aromatic rings. The van der Waals surface area contributed by atoms with Gasteiger partial charge in [0.1, 0.15) is 0 Å². The van der Waals surface area contributed by atoms with Crippen molar-refractivity contribution >= 4 is 27.8 Å². The third-order valence-electron chi connectivity index (χ3n) is 3.51. The highest BCUT2D eigenvalue weighted by molar-refractivity contribution is 7.23. The Hall–Kier alpha value is -1.05. The standard InChI is InChI=1S/C13H19N5S2/c1-9-11(12-16-17-13(14-2)20-12)19-10(15-9)5-8-18-6-3-4-7-18/h3-8H2,1-2H3,(H,14,17). The fourth-order valence-corrected chi connectivity index (χ4v) is 4.31. The minimum absolute atomic E-state index is 0.853. The van der Waals surface area contributed by atoms with Gasteiger partial charge in [0.15, 0.2) is 5.01 Å². The van der Waals surface area contributed by atoms with E-state index in [0.717, 1.165) is 28.8 Å². The molecule has 0 saturated carbocycles. The van der Waals surface area contributed by atoms with E-state index < -0.39 is 0 Å². The van der Waals surface area contributed by atoms with Crippen LogP contribution in [-0.2, 0) is 6.42 Å². The van der Waals surface area contributed by atoms with E-state index in [1.807, 2.05) is 7.05 Å². The first-order valence-corrected chi connectivity index (χ1v) is 8.60. The Labute approximate surface area is 127 Å². The minimum atomic E-state index is 0.853. The van der Waals surface area contributed by atoms with E-state index in [0.29, 0.717) is 0 Å². The predicted octanol–water partition coefficient (Wildman–Crippen LogP) is 2.65. The zero-order chi connectivity index (χ0) is 13.9. The predicted molar refractivity (Wildman–Crippen MR) is 84.7 cm³/mol. The van der Waals surface area contributed by atoms with E-state index in [9.17, 15) is 0 Å². The molecule has 2 aromatic heterocycles. The molecule has 0 bridgehead atoms. The van der Waals surface area contributed by atoms with Gasteiger partial charge >= 0.3 is 0 Å². The monoisotopic (exact) mass is 309 g/mol. The van der Waals surface area contributed by atoms with Gasteiger partial charge < -0.3 is 10.2 Å². The Balaban J connectivity index is 1.69. The van der Waals surface area contributed by atoms with Crippen molar-refractivity contribution in [3.8, 4) is 9.88 Å². The van der Waals surface area contributed by atoms with Crippen LogP contribution >= 0.6 is 22.7 Å². The molecule has 1 N–H and O–H groups in total. The van der Waals surface area contributed by atoms with Crippen molar-refractivity contribution < 1.29 is 0 Å². The van der Waals surface area contributed by atoms with E-state index in [1.54, 1.807) is 22.7 Å². The molecule has 3 heterocycles. The average molecular weight is 309 g/mol. The number of nitrogens with one attached hydrogen (secondary N) is 1. The van der Waals surface area contributed by atoms with Gasteiger partial charge in [-0.3, -0.25) is 0 Å². The quantitative estimate of drug-likeness (QED) is 0.920. The summed E-state index contributed by atoms with van der Waals surface area (Å²) in [7, 11) is 1.87. The van der Waals surface area contributed by atoms with Crippen molar-refractivity contribution in [1.29, 1.82) is 0 Å². The number of nitrogens with zero attached hydrogens (tertiary/aromatic N) is 4. The molecule has 0 amide bonds. The van der Waals surface area contributed by atoms with Crippen LogP contribution in [0.3, 0.4) is 0 Å². The summed E-state index contributed by atoms with van der Waals surface area (Å²) in [6.45, 7) is 5.69. The number of anilines is 1. The van der Waals surface area contributed by atoms with Crippen molar-refractivity contribution in [3.05, 3.63) is 10.7 Å². The van der Waals surface area contributed by atoms with Crippen molar-refractivity contribution in [1.82, 2.24) is 20.1 Å². The van der Waals surface area contributed by atoms with Gasteiger partial charge in [0.25, 0.3) is 0 Å². The van der Waals surface area contributed by atoms with Crippen LogP contribution in [0.5, 0.6) is 0 Å². The van der Waals surface area contributed by atoms with Crippen LogP contribution < -0.4 is 5.32 Å². The van der Waals surface area contributed by atoms with Crippen LogP contribution in [0.1, 0.15) is 23.5 Å². The van der Waals surface area contributed by atoms with Gasteiger partial charge in [0.2, 0.25) is 5.13 Å². The van der Waals surface area contributed by atoms with Gasteiger partial charge in [-0.05, 0) is 32.9 Å². The molecule has 0 atom stereocenters. The highest BCUT2D eigenvalue weighted by Crippen LogP contribution is 2.33. The molecular weight excluding hydrogens is 290 g/mol. The largest absolute Gasteiger partial charge is 0.363 e. The van der Waals surface area contributed by atoms with Gasteiger partial charge in [-0.25, -0.2) is 4.98 Å². The Bertz CT molecular complexity index is 571. The molecule has 0 radical (unpaired) electrons. The van der Waals surface area contributed by atoms with Crippen LogP contribution in [0, 0.1) is 6.92 Å². The topological polar surface area (TPSA) is 53.9 Å². The van der Waals surface area contributed by atoms with Gasteiger partial charge in [0.05, 0.1) is 15.6 Å². The van der Waals surface area contributed by atoms with Crippen LogP contribution in [0.15, 0.2) is 0 Å². The lowest BCUT2D eigenvalue weighted by atomic mass is 10.4. The second-order valence-electron chi connectivity index (χ2n) is 4.98. The molecule has 1 saturated heterocycles. The number of aromatic nitrogens is 3. The third kappa shape index (κ3) is 2.99. The molecule has 0 spiro atoms. The Morgan fingerprint density at radius 3 is 2.70 bits per heavy atom. The summed E-state index contributed by atoms with van der Waals surface area (Å²) in [6.07, 6.45) is 3.74. The highest BCUT2D eigenvalue weighted by atomic mass is 32.1.